The van der Waals surface area contributed by atoms with E-state index < -0.39 is 0 Å². The Hall–Kier alpha value is 1.16. The van der Waals surface area contributed by atoms with Gasteiger partial charge in [-0.3, -0.25) is 0 Å². The van der Waals surface area contributed by atoms with Gasteiger partial charge in [0.1, 0.15) is 0 Å². The largest absolute Gasteiger partial charge is 0.330 e. The molecule has 0 bridgehead atoms. The Morgan fingerprint density at radius 3 is 0.867 bits per heavy atom. The second-order valence-electron chi connectivity index (χ2n) is 2.38. The number of nitrogens with two attached hydrogens (primary N) is 4. The van der Waals surface area contributed by atoms with Crippen molar-refractivity contribution in [2.45, 2.75) is 0 Å². The third-order valence-electron chi connectivity index (χ3n) is 1.05. The van der Waals surface area contributed by atoms with Gasteiger partial charge in [0.05, 0.1) is 0 Å². The Bertz CT molecular complexity index is 73.0. The monoisotopic (exact) mass is 304 g/mol. The summed E-state index contributed by atoms with van der Waals surface area (Å²) in [5.74, 6) is 4.16. The molecule has 0 atom stereocenters. The molecule has 0 aromatic carbocycles. The molecule has 15 heavy (non-hydrogen) atoms. The van der Waals surface area contributed by atoms with Crippen molar-refractivity contribution in [1.29, 1.82) is 0 Å². The molecule has 0 saturated carbocycles. The molecule has 0 aliphatic heterocycles. The third kappa shape index (κ3) is 31.3. The van der Waals surface area contributed by atoms with E-state index in [0.29, 0.717) is 0 Å². The van der Waals surface area contributed by atoms with Gasteiger partial charge in [-0.2, -0.15) is 23.5 Å². The van der Waals surface area contributed by atoms with E-state index in [0.717, 1.165) is 49.2 Å². The van der Waals surface area contributed by atoms with Gasteiger partial charge >= 0.3 is 0 Å². The van der Waals surface area contributed by atoms with Gasteiger partial charge in [0.15, 0.2) is 0 Å². The van der Waals surface area contributed by atoms with Gasteiger partial charge in [-0.15, -0.1) is 0 Å². The molecule has 90 valence electrons. The second-order valence-corrected chi connectivity index (χ2v) is 4.83. The van der Waals surface area contributed by atoms with E-state index in [-0.39, 0.29) is 19.5 Å². The fourth-order valence-corrected chi connectivity index (χ4v) is 1.61. The van der Waals surface area contributed by atoms with Crippen molar-refractivity contribution < 1.29 is 19.5 Å². The Kier molecular flexibility index (Phi) is 34.9. The zero-order valence-electron chi connectivity index (χ0n) is 9.49. The van der Waals surface area contributed by atoms with Crippen molar-refractivity contribution >= 4 is 23.5 Å². The zero-order chi connectivity index (χ0) is 11.1. The maximum Gasteiger partial charge on any atom is 0.00563 e. The van der Waals surface area contributed by atoms with E-state index in [2.05, 4.69) is 0 Å². The quantitative estimate of drug-likeness (QED) is 0.348. The van der Waals surface area contributed by atoms with Gasteiger partial charge in [-0.05, 0) is 0 Å². The van der Waals surface area contributed by atoms with Crippen LogP contribution in [0.25, 0.3) is 0 Å². The summed E-state index contributed by atoms with van der Waals surface area (Å²) in [5, 5.41) is 0. The summed E-state index contributed by atoms with van der Waals surface area (Å²) in [6.45, 7) is 3.07. The van der Waals surface area contributed by atoms with Gasteiger partial charge in [0, 0.05) is 68.7 Å². The molecule has 0 aromatic rings. The molecule has 0 aliphatic carbocycles. The number of hydrogen-bond acceptors (Lipinski definition) is 6. The molecule has 7 heteroatoms. The first-order valence-electron chi connectivity index (χ1n) is 4.79. The molecular formula is C8H24N4S2Zn. The van der Waals surface area contributed by atoms with Crippen LogP contribution in [-0.2, 0) is 19.5 Å². The van der Waals surface area contributed by atoms with Crippen LogP contribution in [0.1, 0.15) is 0 Å². The normalized spacial score (nSPS) is 8.80. The standard InChI is InChI=1S/2C4H12N2S.Zn/c2*5-1-3-7-4-2-6;/h2*1-6H2;. The minimum absolute atomic E-state index is 0. The Labute approximate surface area is 115 Å². The minimum atomic E-state index is 0. The predicted molar refractivity (Wildman–Crippen MR) is 70.9 cm³/mol. The van der Waals surface area contributed by atoms with E-state index in [9.17, 15) is 0 Å². The van der Waals surface area contributed by atoms with Gasteiger partial charge in [0.2, 0.25) is 0 Å². The van der Waals surface area contributed by atoms with E-state index in [1.54, 1.807) is 23.5 Å². The number of thioether (sulfide) groups is 2. The molecule has 0 amide bonds. The van der Waals surface area contributed by atoms with Crippen LogP contribution in [0.3, 0.4) is 0 Å². The van der Waals surface area contributed by atoms with E-state index in [4.69, 9.17) is 22.9 Å². The Morgan fingerprint density at radius 2 is 0.733 bits per heavy atom. The molecular weight excluding hydrogens is 282 g/mol. The summed E-state index contributed by atoms with van der Waals surface area (Å²) < 4.78 is 0. The van der Waals surface area contributed by atoms with Crippen molar-refractivity contribution in [3.63, 3.8) is 0 Å². The van der Waals surface area contributed by atoms with Gasteiger partial charge in [0.25, 0.3) is 0 Å². The molecule has 0 radical (unpaired) electrons. The van der Waals surface area contributed by atoms with Crippen molar-refractivity contribution in [3.05, 3.63) is 0 Å². The minimum Gasteiger partial charge on any atom is -0.330 e. The van der Waals surface area contributed by atoms with Gasteiger partial charge in [-0.1, -0.05) is 0 Å². The van der Waals surface area contributed by atoms with Crippen LogP contribution < -0.4 is 22.9 Å². The average Bonchev–Trinajstić information content (AvgIpc) is 2.21. The van der Waals surface area contributed by atoms with Gasteiger partial charge < -0.3 is 22.9 Å². The van der Waals surface area contributed by atoms with E-state index in [1.807, 2.05) is 0 Å². The first-order valence-corrected chi connectivity index (χ1v) is 7.10. The zero-order valence-corrected chi connectivity index (χ0v) is 14.1. The first-order chi connectivity index (χ1) is 6.83. The van der Waals surface area contributed by atoms with Crippen molar-refractivity contribution in [3.8, 4) is 0 Å². The van der Waals surface area contributed by atoms with E-state index in [1.165, 1.54) is 0 Å². The Morgan fingerprint density at radius 1 is 0.533 bits per heavy atom. The van der Waals surface area contributed by atoms with Crippen LogP contribution in [0.5, 0.6) is 0 Å². The SMILES string of the molecule is NCCSCCN.NCCSCCN.[Zn]. The molecule has 0 rings (SSSR count). The van der Waals surface area contributed by atoms with Crippen LogP contribution in [0.2, 0.25) is 0 Å². The van der Waals surface area contributed by atoms with Crippen LogP contribution >= 0.6 is 23.5 Å². The molecule has 8 N–H and O–H groups in total. The third-order valence-corrected chi connectivity index (χ3v) is 3.15. The molecule has 0 heterocycles. The maximum absolute atomic E-state index is 5.21. The summed E-state index contributed by atoms with van der Waals surface area (Å²) in [5.41, 5.74) is 20.8. The summed E-state index contributed by atoms with van der Waals surface area (Å²) in [6, 6.07) is 0. The van der Waals surface area contributed by atoms with Crippen molar-refractivity contribution in [2.24, 2.45) is 22.9 Å². The fraction of sp³-hybridized carbons (Fsp3) is 1.00. The maximum atomic E-state index is 5.21. The van der Waals surface area contributed by atoms with Crippen molar-refractivity contribution in [2.75, 3.05) is 49.2 Å². The summed E-state index contributed by atoms with van der Waals surface area (Å²) in [6.07, 6.45) is 0. The molecule has 0 unspecified atom stereocenters. The first kappa shape index (κ1) is 21.4. The molecule has 0 aromatic heterocycles. The fourth-order valence-electron chi connectivity index (χ4n) is 0.537. The van der Waals surface area contributed by atoms with Crippen LogP contribution in [0, 0.1) is 0 Å². The predicted octanol–water partition coefficient (Wildman–Crippen LogP) is -0.728. The summed E-state index contributed by atoms with van der Waals surface area (Å²) in [7, 11) is 0. The smallest absolute Gasteiger partial charge is 0.00563 e. The topological polar surface area (TPSA) is 104 Å². The molecule has 0 spiro atoms. The molecule has 4 nitrogen and oxygen atoms in total. The number of rotatable bonds is 8. The summed E-state index contributed by atoms with van der Waals surface area (Å²) >= 11 is 3.61. The van der Waals surface area contributed by atoms with E-state index >= 15 is 0 Å². The average molecular weight is 306 g/mol. The molecule has 0 fully saturated rings. The summed E-state index contributed by atoms with van der Waals surface area (Å²) in [4.78, 5) is 0. The van der Waals surface area contributed by atoms with Crippen LogP contribution in [0.15, 0.2) is 0 Å². The van der Waals surface area contributed by atoms with Crippen molar-refractivity contribution in [1.82, 2.24) is 0 Å². The number of hydrogen-bond donors (Lipinski definition) is 4. The second kappa shape index (κ2) is 24.4. The Balaban J connectivity index is -0.000000180. The molecule has 0 aliphatic rings. The van der Waals surface area contributed by atoms with Gasteiger partial charge in [-0.25, -0.2) is 0 Å². The van der Waals surface area contributed by atoms with Crippen LogP contribution in [0.4, 0.5) is 0 Å². The van der Waals surface area contributed by atoms with Crippen LogP contribution in [-0.4, -0.2) is 49.2 Å². The molecule has 0 saturated heterocycles.